The van der Waals surface area contributed by atoms with Gasteiger partial charge in [0.05, 0.1) is 12.0 Å². The van der Waals surface area contributed by atoms with E-state index in [1.165, 1.54) is 19.1 Å². The number of phenols is 1. The summed E-state index contributed by atoms with van der Waals surface area (Å²) in [6.07, 6.45) is 0. The van der Waals surface area contributed by atoms with Crippen molar-refractivity contribution in [3.8, 4) is 5.75 Å². The van der Waals surface area contributed by atoms with E-state index < -0.39 is 17.9 Å². The lowest BCUT2D eigenvalue weighted by molar-refractivity contribution is -0.142. The van der Waals surface area contributed by atoms with E-state index in [1.807, 2.05) is 0 Å². The predicted octanol–water partition coefficient (Wildman–Crippen LogP) is 0.897. The highest BCUT2D eigenvalue weighted by Gasteiger charge is 2.35. The number of carboxylic acids is 1. The molecule has 16 heavy (non-hydrogen) atoms. The van der Waals surface area contributed by atoms with Crippen molar-refractivity contribution in [2.75, 3.05) is 0 Å². The van der Waals surface area contributed by atoms with Gasteiger partial charge < -0.3 is 15.5 Å². The normalized spacial score (nSPS) is 20.1. The maximum Gasteiger partial charge on any atom is 0.308 e. The first-order valence-corrected chi connectivity index (χ1v) is 4.87. The third-order valence-corrected chi connectivity index (χ3v) is 2.79. The largest absolute Gasteiger partial charge is 0.508 e. The van der Waals surface area contributed by atoms with E-state index in [1.54, 1.807) is 6.07 Å². The van der Waals surface area contributed by atoms with E-state index in [9.17, 15) is 14.7 Å². The van der Waals surface area contributed by atoms with Crippen LogP contribution in [0.3, 0.4) is 0 Å². The van der Waals surface area contributed by atoms with Crippen molar-refractivity contribution in [1.29, 1.82) is 0 Å². The van der Waals surface area contributed by atoms with E-state index in [4.69, 9.17) is 5.11 Å². The molecule has 1 aliphatic rings. The lowest BCUT2D eigenvalue weighted by Crippen LogP contribution is -2.28. The quantitative estimate of drug-likeness (QED) is 0.692. The molecule has 0 aliphatic carbocycles. The van der Waals surface area contributed by atoms with Gasteiger partial charge >= 0.3 is 5.97 Å². The van der Waals surface area contributed by atoms with Gasteiger partial charge in [-0.3, -0.25) is 9.59 Å². The van der Waals surface area contributed by atoms with E-state index in [0.29, 0.717) is 11.1 Å². The summed E-state index contributed by atoms with van der Waals surface area (Å²) in [5, 5.41) is 20.8. The number of amides is 1. The van der Waals surface area contributed by atoms with Gasteiger partial charge in [-0.1, -0.05) is 6.07 Å². The Morgan fingerprint density at radius 3 is 2.81 bits per heavy atom. The van der Waals surface area contributed by atoms with Crippen molar-refractivity contribution < 1.29 is 19.8 Å². The Hall–Kier alpha value is -2.04. The Morgan fingerprint density at radius 1 is 1.50 bits per heavy atom. The topological polar surface area (TPSA) is 86.6 Å². The molecular formula is C11H11NO4. The number of aromatic hydroxyl groups is 1. The molecule has 0 spiro atoms. The van der Waals surface area contributed by atoms with Gasteiger partial charge in [-0.25, -0.2) is 0 Å². The summed E-state index contributed by atoms with van der Waals surface area (Å²) in [4.78, 5) is 22.4. The first-order chi connectivity index (χ1) is 7.50. The molecule has 5 nitrogen and oxygen atoms in total. The maximum absolute atomic E-state index is 11.5. The molecule has 2 rings (SSSR count). The van der Waals surface area contributed by atoms with Gasteiger partial charge in [0.15, 0.2) is 0 Å². The zero-order valence-electron chi connectivity index (χ0n) is 8.60. The van der Waals surface area contributed by atoms with Crippen LogP contribution in [0.15, 0.2) is 18.2 Å². The zero-order valence-corrected chi connectivity index (χ0v) is 8.60. The molecule has 1 heterocycles. The highest BCUT2D eigenvalue weighted by atomic mass is 16.4. The maximum atomic E-state index is 11.5. The fourth-order valence-corrected chi connectivity index (χ4v) is 1.85. The van der Waals surface area contributed by atoms with Crippen LogP contribution in [-0.4, -0.2) is 22.1 Å². The first-order valence-electron chi connectivity index (χ1n) is 4.87. The summed E-state index contributed by atoms with van der Waals surface area (Å²) in [6, 6.07) is 3.84. The lowest BCUT2D eigenvalue weighted by Gasteiger charge is -2.15. The SMILES string of the molecule is CC(C(=O)O)C1NC(=O)c2cc(O)ccc21. The van der Waals surface area contributed by atoms with Gasteiger partial charge in [0.1, 0.15) is 5.75 Å². The highest BCUT2D eigenvalue weighted by molar-refractivity contribution is 6.00. The second kappa shape index (κ2) is 3.52. The first kappa shape index (κ1) is 10.5. The minimum Gasteiger partial charge on any atom is -0.508 e. The molecule has 2 unspecified atom stereocenters. The molecule has 84 valence electrons. The average Bonchev–Trinajstić information content (AvgIpc) is 2.55. The van der Waals surface area contributed by atoms with Crippen LogP contribution in [0.2, 0.25) is 0 Å². The smallest absolute Gasteiger partial charge is 0.308 e. The second-order valence-electron chi connectivity index (χ2n) is 3.85. The molecule has 0 bridgehead atoms. The molecule has 1 amide bonds. The number of rotatable bonds is 2. The van der Waals surface area contributed by atoms with Crippen LogP contribution in [0.1, 0.15) is 28.9 Å². The van der Waals surface area contributed by atoms with Crippen LogP contribution < -0.4 is 5.32 Å². The summed E-state index contributed by atoms with van der Waals surface area (Å²) in [6.45, 7) is 1.54. The fraction of sp³-hybridized carbons (Fsp3) is 0.273. The molecule has 2 atom stereocenters. The monoisotopic (exact) mass is 221 g/mol. The Labute approximate surface area is 91.7 Å². The fourth-order valence-electron chi connectivity index (χ4n) is 1.85. The molecule has 0 aromatic heterocycles. The lowest BCUT2D eigenvalue weighted by atomic mass is 9.95. The number of carboxylic acid groups (broad SMARTS) is 1. The number of carbonyl (C=O) groups is 2. The molecule has 5 heteroatoms. The van der Waals surface area contributed by atoms with Crippen LogP contribution in [-0.2, 0) is 4.79 Å². The molecule has 0 saturated carbocycles. The zero-order chi connectivity index (χ0) is 11.9. The average molecular weight is 221 g/mol. The van der Waals surface area contributed by atoms with E-state index in [0.717, 1.165) is 0 Å². The number of carbonyl (C=O) groups excluding carboxylic acids is 1. The van der Waals surface area contributed by atoms with Gasteiger partial charge in [-0.05, 0) is 24.6 Å². The number of phenolic OH excluding ortho intramolecular Hbond substituents is 1. The molecule has 1 aromatic carbocycles. The highest BCUT2D eigenvalue weighted by Crippen LogP contribution is 2.32. The van der Waals surface area contributed by atoms with Crippen molar-refractivity contribution in [2.24, 2.45) is 5.92 Å². The van der Waals surface area contributed by atoms with Crippen LogP contribution >= 0.6 is 0 Å². The third kappa shape index (κ3) is 1.50. The minimum atomic E-state index is -0.966. The molecule has 1 aromatic rings. The van der Waals surface area contributed by atoms with Gasteiger partial charge in [0, 0.05) is 5.56 Å². The van der Waals surface area contributed by atoms with Crippen molar-refractivity contribution in [3.63, 3.8) is 0 Å². The van der Waals surface area contributed by atoms with E-state index in [2.05, 4.69) is 5.32 Å². The molecule has 0 fully saturated rings. The van der Waals surface area contributed by atoms with Crippen molar-refractivity contribution >= 4 is 11.9 Å². The predicted molar refractivity (Wildman–Crippen MR) is 55.1 cm³/mol. The van der Waals surface area contributed by atoms with Crippen molar-refractivity contribution in [1.82, 2.24) is 5.32 Å². The molecule has 0 radical (unpaired) electrons. The summed E-state index contributed by atoms with van der Waals surface area (Å²) in [5.41, 5.74) is 0.968. The Kier molecular flexibility index (Phi) is 2.30. The Balaban J connectivity index is 2.43. The summed E-state index contributed by atoms with van der Waals surface area (Å²) in [5.74, 6) is -2.01. The van der Waals surface area contributed by atoms with Crippen LogP contribution in [0, 0.1) is 5.92 Å². The van der Waals surface area contributed by atoms with E-state index in [-0.39, 0.29) is 11.7 Å². The number of hydrogen-bond donors (Lipinski definition) is 3. The molecule has 0 saturated heterocycles. The number of fused-ring (bicyclic) bond motifs is 1. The van der Waals surface area contributed by atoms with Crippen molar-refractivity contribution in [2.45, 2.75) is 13.0 Å². The van der Waals surface area contributed by atoms with Gasteiger partial charge in [0.25, 0.3) is 5.91 Å². The van der Waals surface area contributed by atoms with Crippen LogP contribution in [0.25, 0.3) is 0 Å². The van der Waals surface area contributed by atoms with Crippen LogP contribution in [0.4, 0.5) is 0 Å². The number of benzene rings is 1. The number of nitrogens with one attached hydrogen (secondary N) is 1. The second-order valence-corrected chi connectivity index (χ2v) is 3.85. The Morgan fingerprint density at radius 2 is 2.19 bits per heavy atom. The van der Waals surface area contributed by atoms with E-state index >= 15 is 0 Å². The van der Waals surface area contributed by atoms with Gasteiger partial charge in [-0.15, -0.1) is 0 Å². The van der Waals surface area contributed by atoms with Crippen molar-refractivity contribution in [3.05, 3.63) is 29.3 Å². The standard InChI is InChI=1S/C11H11NO4/c1-5(11(15)16)9-7-3-2-6(13)4-8(7)10(14)12-9/h2-5,9,13H,1H3,(H,12,14)(H,15,16). The number of hydrogen-bond acceptors (Lipinski definition) is 3. The number of aliphatic carboxylic acids is 1. The summed E-state index contributed by atoms with van der Waals surface area (Å²) < 4.78 is 0. The van der Waals surface area contributed by atoms with Crippen LogP contribution in [0.5, 0.6) is 5.75 Å². The molecule has 1 aliphatic heterocycles. The van der Waals surface area contributed by atoms with Gasteiger partial charge in [-0.2, -0.15) is 0 Å². The summed E-state index contributed by atoms with van der Waals surface area (Å²) >= 11 is 0. The molecule has 3 N–H and O–H groups in total. The minimum absolute atomic E-state index is 0.00229. The Bertz CT molecular complexity index is 469. The third-order valence-electron chi connectivity index (χ3n) is 2.79. The molecular weight excluding hydrogens is 210 g/mol. The summed E-state index contributed by atoms with van der Waals surface area (Å²) in [7, 11) is 0. The van der Waals surface area contributed by atoms with Gasteiger partial charge in [0.2, 0.25) is 0 Å².